The number of quaternary nitrogens is 1. The van der Waals surface area contributed by atoms with Crippen LogP contribution >= 0.6 is 12.6 Å². The first-order valence-corrected chi connectivity index (χ1v) is 6.52. The molecule has 0 fully saturated rings. The summed E-state index contributed by atoms with van der Waals surface area (Å²) in [4.78, 5) is 44.0. The molecule has 0 aliphatic carbocycles. The molecule has 0 heterocycles. The maximum atomic E-state index is 11.5. The number of hydroxylamine groups is 1. The molecule has 0 aromatic carbocycles. The highest BCUT2D eigenvalue weighted by molar-refractivity contribution is 7.80. The van der Waals surface area contributed by atoms with E-state index in [1.807, 2.05) is 0 Å². The van der Waals surface area contributed by atoms with Crippen LogP contribution in [-0.4, -0.2) is 58.3 Å². The molecule has 10 nitrogen and oxygen atoms in total. The zero-order valence-corrected chi connectivity index (χ0v) is 11.8. The fraction of sp³-hybridized carbons (Fsp3) is 0.600. The topological polar surface area (TPSA) is 172 Å². The average Bonchev–Trinajstić information content (AvgIpc) is 2.42. The summed E-state index contributed by atoms with van der Waals surface area (Å²) in [6.45, 7) is -0.592. The molecular formula is C10H17N3O7S. The van der Waals surface area contributed by atoms with Gasteiger partial charge in [0.1, 0.15) is 12.6 Å². The largest absolute Gasteiger partial charge is 0.635 e. The van der Waals surface area contributed by atoms with Crippen molar-refractivity contribution in [2.24, 2.45) is 0 Å². The first-order chi connectivity index (χ1) is 9.81. The summed E-state index contributed by atoms with van der Waals surface area (Å²) in [6.07, 6.45) is -0.451. The minimum atomic E-state index is -1.33. The van der Waals surface area contributed by atoms with Crippen LogP contribution in [0.5, 0.6) is 0 Å². The number of thiol groups is 1. The van der Waals surface area contributed by atoms with Gasteiger partial charge in [-0.1, -0.05) is 0 Å². The molecule has 6 N–H and O–H groups in total. The van der Waals surface area contributed by atoms with Gasteiger partial charge in [-0.15, -0.1) is 0 Å². The van der Waals surface area contributed by atoms with Crippen LogP contribution in [0.2, 0.25) is 0 Å². The molecule has 0 aromatic rings. The minimum absolute atomic E-state index is 0.0623. The van der Waals surface area contributed by atoms with Gasteiger partial charge in [0.2, 0.25) is 11.8 Å². The predicted octanol–water partition coefficient (Wildman–Crippen LogP) is -3.10. The normalized spacial score (nSPS) is 13.0. The highest BCUT2D eigenvalue weighted by Crippen LogP contribution is 1.96. The van der Waals surface area contributed by atoms with E-state index in [0.29, 0.717) is 0 Å². The predicted molar refractivity (Wildman–Crippen MR) is 72.4 cm³/mol. The van der Waals surface area contributed by atoms with Crippen LogP contribution in [0.15, 0.2) is 0 Å². The fourth-order valence-corrected chi connectivity index (χ4v) is 1.54. The van der Waals surface area contributed by atoms with Crippen LogP contribution in [0.4, 0.5) is 0 Å². The summed E-state index contributed by atoms with van der Waals surface area (Å²) in [5.41, 5.74) is 0.227. The van der Waals surface area contributed by atoms with Crippen LogP contribution in [0.25, 0.3) is 0 Å². The van der Waals surface area contributed by atoms with Crippen molar-refractivity contribution in [1.82, 2.24) is 10.6 Å². The van der Waals surface area contributed by atoms with Gasteiger partial charge in [-0.3, -0.25) is 14.4 Å². The van der Waals surface area contributed by atoms with Crippen molar-refractivity contribution in [2.45, 2.75) is 24.9 Å². The van der Waals surface area contributed by atoms with Crippen molar-refractivity contribution >= 4 is 36.4 Å². The summed E-state index contributed by atoms with van der Waals surface area (Å²) in [5, 5.41) is 31.9. The number of carbonyl (C=O) groups excluding carboxylic acids is 2. The Labute approximate surface area is 125 Å². The molecule has 0 aliphatic heterocycles. The molecule has 21 heavy (non-hydrogen) atoms. The van der Waals surface area contributed by atoms with E-state index >= 15 is 0 Å². The Balaban J connectivity index is 4.29. The van der Waals surface area contributed by atoms with Crippen molar-refractivity contribution in [1.29, 1.82) is 0 Å². The van der Waals surface area contributed by atoms with E-state index in [0.717, 1.165) is 0 Å². The second-order valence-corrected chi connectivity index (χ2v) is 4.40. The van der Waals surface area contributed by atoms with Gasteiger partial charge in [-0.25, -0.2) is 4.79 Å². The third kappa shape index (κ3) is 8.12. The number of nitrogens with one attached hydrogen (secondary N) is 2. The molecule has 0 radical (unpaired) electrons. The summed E-state index contributed by atoms with van der Waals surface area (Å²) in [6, 6.07) is -2.33. The van der Waals surface area contributed by atoms with E-state index in [-0.39, 0.29) is 24.1 Å². The zero-order valence-electron chi connectivity index (χ0n) is 10.9. The minimum Gasteiger partial charge on any atom is -0.635 e. The van der Waals surface area contributed by atoms with Gasteiger partial charge in [0.15, 0.2) is 6.04 Å². The van der Waals surface area contributed by atoms with E-state index in [1.54, 1.807) is 0 Å². The monoisotopic (exact) mass is 323 g/mol. The number of aliphatic carboxylic acids is 2. The van der Waals surface area contributed by atoms with Gasteiger partial charge >= 0.3 is 11.9 Å². The molecule has 0 aromatic heterocycles. The Hall–Kier alpha value is -1.85. The van der Waals surface area contributed by atoms with Gasteiger partial charge in [0.05, 0.1) is 0 Å². The molecule has 0 rings (SSSR count). The van der Waals surface area contributed by atoms with Crippen molar-refractivity contribution in [2.75, 3.05) is 12.3 Å². The smallest absolute Gasteiger partial charge is 0.362 e. The highest BCUT2D eigenvalue weighted by Gasteiger charge is 2.22. The number of amides is 2. The Bertz CT molecular complexity index is 404. The summed E-state index contributed by atoms with van der Waals surface area (Å²) >= 11 is 3.86. The Morgan fingerprint density at radius 1 is 1.24 bits per heavy atom. The highest BCUT2D eigenvalue weighted by atomic mass is 32.1. The van der Waals surface area contributed by atoms with Crippen molar-refractivity contribution in [3.05, 3.63) is 5.21 Å². The van der Waals surface area contributed by atoms with Crippen LogP contribution < -0.4 is 16.1 Å². The molecule has 2 atom stereocenters. The molecule has 0 unspecified atom stereocenters. The van der Waals surface area contributed by atoms with Crippen molar-refractivity contribution < 1.29 is 34.9 Å². The second kappa shape index (κ2) is 9.96. The van der Waals surface area contributed by atoms with Crippen LogP contribution in [0.3, 0.4) is 0 Å². The number of rotatable bonds is 10. The third-order valence-corrected chi connectivity index (χ3v) is 2.78. The number of carboxylic acid groups (broad SMARTS) is 2. The SMILES string of the molecule is O=C(O)CNC(=O)[C@H](CS)NC(=O)CC[C@H]([NH2+][O-])C(=O)O. The van der Waals surface area contributed by atoms with Crippen molar-refractivity contribution in [3.63, 3.8) is 0 Å². The van der Waals surface area contributed by atoms with E-state index in [4.69, 9.17) is 10.2 Å². The lowest BCUT2D eigenvalue weighted by Gasteiger charge is -2.17. The molecule has 0 saturated heterocycles. The van der Waals surface area contributed by atoms with Gasteiger partial charge in [-0.05, 0) is 0 Å². The molecule has 0 spiro atoms. The van der Waals surface area contributed by atoms with Gasteiger partial charge in [0, 0.05) is 18.6 Å². The molecule has 11 heteroatoms. The number of nitrogens with two attached hydrogens (primary N) is 1. The van der Waals surface area contributed by atoms with Crippen LogP contribution in [0, 0.1) is 5.21 Å². The molecule has 0 bridgehead atoms. The van der Waals surface area contributed by atoms with Gasteiger partial charge < -0.3 is 31.5 Å². The molecule has 2 amide bonds. The molecule has 0 saturated carbocycles. The second-order valence-electron chi connectivity index (χ2n) is 4.03. The Morgan fingerprint density at radius 3 is 2.29 bits per heavy atom. The van der Waals surface area contributed by atoms with E-state index < -0.39 is 42.4 Å². The number of carboxylic acids is 2. The summed E-state index contributed by atoms with van der Waals surface area (Å²) in [7, 11) is 0. The quantitative estimate of drug-likeness (QED) is 0.182. The fourth-order valence-electron chi connectivity index (χ4n) is 1.28. The maximum Gasteiger partial charge on any atom is 0.362 e. The molecule has 0 aliphatic rings. The summed E-state index contributed by atoms with van der Waals surface area (Å²) < 4.78 is 0. The molecule has 120 valence electrons. The van der Waals surface area contributed by atoms with Crippen LogP contribution in [-0.2, 0) is 19.2 Å². The Morgan fingerprint density at radius 2 is 1.86 bits per heavy atom. The lowest BCUT2D eigenvalue weighted by molar-refractivity contribution is -0.615. The number of hydrogen-bond donors (Lipinski definition) is 6. The summed E-state index contributed by atoms with van der Waals surface area (Å²) in [5.74, 6) is -3.98. The lowest BCUT2D eigenvalue weighted by Crippen LogP contribution is -2.86. The van der Waals surface area contributed by atoms with E-state index in [9.17, 15) is 24.4 Å². The third-order valence-electron chi connectivity index (χ3n) is 2.41. The first-order valence-electron chi connectivity index (χ1n) is 5.89. The Kier molecular flexibility index (Phi) is 9.08. The number of carbonyl (C=O) groups is 4. The van der Waals surface area contributed by atoms with Gasteiger partial charge in [0.25, 0.3) is 0 Å². The van der Waals surface area contributed by atoms with E-state index in [2.05, 4.69) is 23.3 Å². The van der Waals surface area contributed by atoms with Crippen LogP contribution in [0.1, 0.15) is 12.8 Å². The standard InChI is InChI=1S/C10H17N3O7S/c14-7(2-1-5(13-20)10(18)19)12-6(4-21)9(17)11-3-8(15)16/h5-6,21H,1-4,13H2,(H,11,17)(H,12,14)(H,15,16)(H,18,19)/t5-,6-/m0/s1. The molecular weight excluding hydrogens is 306 g/mol. The van der Waals surface area contributed by atoms with Crippen molar-refractivity contribution in [3.8, 4) is 0 Å². The van der Waals surface area contributed by atoms with E-state index in [1.165, 1.54) is 0 Å². The number of hydrogen-bond acceptors (Lipinski definition) is 6. The maximum absolute atomic E-state index is 11.5. The lowest BCUT2D eigenvalue weighted by atomic mass is 10.1. The first kappa shape index (κ1) is 19.1. The average molecular weight is 323 g/mol. The zero-order chi connectivity index (χ0) is 16.4. The van der Waals surface area contributed by atoms with Gasteiger partial charge in [-0.2, -0.15) is 12.6 Å².